The van der Waals surface area contributed by atoms with Gasteiger partial charge in [0.15, 0.2) is 16.6 Å². The minimum absolute atomic E-state index is 0.00827. The molecule has 2 aromatic heterocycles. The van der Waals surface area contributed by atoms with Crippen molar-refractivity contribution in [1.82, 2.24) is 9.97 Å². The maximum Gasteiger partial charge on any atom is 0.350 e. The lowest BCUT2D eigenvalue weighted by molar-refractivity contribution is -0.132. The van der Waals surface area contributed by atoms with Gasteiger partial charge >= 0.3 is 11.9 Å². The molecule has 1 aromatic carbocycles. The number of aliphatic hydroxyl groups excluding tert-OH is 1. The fourth-order valence-electron chi connectivity index (χ4n) is 4.12. The highest BCUT2D eigenvalue weighted by Gasteiger charge is 2.48. The van der Waals surface area contributed by atoms with Crippen LogP contribution in [0.1, 0.15) is 46.4 Å². The quantitative estimate of drug-likeness (QED) is 0.127. The second-order valence-corrected chi connectivity index (χ2v) is 9.25. The summed E-state index contributed by atoms with van der Waals surface area (Å²) in [5.74, 6) is -1.89. The van der Waals surface area contributed by atoms with Crippen molar-refractivity contribution in [3.8, 4) is 11.5 Å². The smallest absolute Gasteiger partial charge is 0.350 e. The number of esters is 1. The molecule has 1 N–H and O–H groups in total. The van der Waals surface area contributed by atoms with Crippen molar-refractivity contribution in [3.63, 3.8) is 0 Å². The monoisotopic (exact) mass is 549 g/mol. The average molecular weight is 550 g/mol. The fourth-order valence-corrected chi connectivity index (χ4v) is 5.11. The molecule has 3 aromatic rings. The third kappa shape index (κ3) is 5.39. The van der Waals surface area contributed by atoms with Crippen molar-refractivity contribution >= 4 is 39.9 Å². The van der Waals surface area contributed by atoms with Crippen molar-refractivity contribution in [2.45, 2.75) is 26.8 Å². The molecule has 0 spiro atoms. The Kier molecular flexibility index (Phi) is 8.40. The molecule has 0 radical (unpaired) electrons. The molecule has 0 bridgehead atoms. The van der Waals surface area contributed by atoms with E-state index in [0.29, 0.717) is 41.5 Å². The van der Waals surface area contributed by atoms with E-state index >= 15 is 0 Å². The number of aryl methyl sites for hydroxylation is 1. The van der Waals surface area contributed by atoms with E-state index in [4.69, 9.17) is 14.2 Å². The maximum absolute atomic E-state index is 13.5. The standard InChI is InChI=1S/C28H27N3O7S/c1-5-14-38-27(35)25-16(4)30-28(39-25)31-22(18-8-9-19(36-6-2)20(15-18)37-7-3)21(24(33)26(31)34)23(32)17-10-12-29-13-11-17/h5,8-13,15,22,32H,1,6-7,14H2,2-4H3/b23-21+. The summed E-state index contributed by atoms with van der Waals surface area (Å²) < 4.78 is 16.6. The largest absolute Gasteiger partial charge is 0.507 e. The zero-order valence-electron chi connectivity index (χ0n) is 21.7. The first-order valence-electron chi connectivity index (χ1n) is 12.2. The number of rotatable bonds is 10. The van der Waals surface area contributed by atoms with Gasteiger partial charge in [-0.1, -0.05) is 30.1 Å². The Bertz CT molecular complexity index is 1450. The van der Waals surface area contributed by atoms with Gasteiger partial charge < -0.3 is 19.3 Å². The number of hydrogen-bond acceptors (Lipinski definition) is 10. The number of aliphatic hydroxyl groups is 1. The SMILES string of the molecule is C=CCOC(=O)c1sc(N2C(=O)C(=O)/C(=C(/O)c3ccncc3)C2c2ccc(OCC)c(OCC)c2)nc1C. The van der Waals surface area contributed by atoms with Crippen molar-refractivity contribution in [1.29, 1.82) is 0 Å². The lowest BCUT2D eigenvalue weighted by Gasteiger charge is -2.24. The summed E-state index contributed by atoms with van der Waals surface area (Å²) in [7, 11) is 0. The molecule has 3 heterocycles. The maximum atomic E-state index is 13.5. The van der Waals surface area contributed by atoms with Gasteiger partial charge in [0.25, 0.3) is 5.78 Å². The van der Waals surface area contributed by atoms with Gasteiger partial charge in [0.2, 0.25) is 0 Å². The zero-order valence-corrected chi connectivity index (χ0v) is 22.5. The summed E-state index contributed by atoms with van der Waals surface area (Å²) in [6.07, 6.45) is 4.37. The van der Waals surface area contributed by atoms with Crippen molar-refractivity contribution in [3.05, 3.63) is 82.7 Å². The van der Waals surface area contributed by atoms with Crippen LogP contribution < -0.4 is 14.4 Å². The van der Waals surface area contributed by atoms with Crippen molar-refractivity contribution in [2.24, 2.45) is 0 Å². The predicted molar refractivity (Wildman–Crippen MR) is 145 cm³/mol. The van der Waals surface area contributed by atoms with E-state index in [0.717, 1.165) is 11.3 Å². The van der Waals surface area contributed by atoms with Crippen LogP contribution in [-0.2, 0) is 14.3 Å². The van der Waals surface area contributed by atoms with Gasteiger partial charge in [-0.15, -0.1) is 0 Å². The summed E-state index contributed by atoms with van der Waals surface area (Å²) >= 11 is 0.918. The molecular formula is C28H27N3O7S. The Morgan fingerprint density at radius 1 is 1.13 bits per heavy atom. The minimum Gasteiger partial charge on any atom is -0.507 e. The van der Waals surface area contributed by atoms with Crippen molar-refractivity contribution < 1.29 is 33.7 Å². The number of ether oxygens (including phenoxy) is 3. The molecule has 1 saturated heterocycles. The first kappa shape index (κ1) is 27.5. The number of amides is 1. The number of Topliss-reactive ketones (excluding diaryl/α,β-unsaturated/α-hetero) is 1. The Balaban J connectivity index is 1.91. The molecule has 10 nitrogen and oxygen atoms in total. The molecule has 1 unspecified atom stereocenters. The summed E-state index contributed by atoms with van der Waals surface area (Å²) in [5.41, 5.74) is 0.982. The van der Waals surface area contributed by atoms with Gasteiger partial charge in [-0.3, -0.25) is 19.5 Å². The first-order chi connectivity index (χ1) is 18.8. The molecule has 1 atom stereocenters. The molecule has 11 heteroatoms. The molecule has 1 fully saturated rings. The molecule has 0 aliphatic carbocycles. The molecule has 202 valence electrons. The lowest BCUT2D eigenvalue weighted by atomic mass is 9.95. The molecular weight excluding hydrogens is 522 g/mol. The van der Waals surface area contributed by atoms with E-state index in [1.54, 1.807) is 25.1 Å². The molecule has 1 aliphatic rings. The highest BCUT2D eigenvalue weighted by molar-refractivity contribution is 7.17. The average Bonchev–Trinajstić information content (AvgIpc) is 3.45. The van der Waals surface area contributed by atoms with E-state index in [1.807, 2.05) is 13.8 Å². The number of hydrogen-bond donors (Lipinski definition) is 1. The van der Waals surface area contributed by atoms with Crippen LogP contribution in [0.15, 0.2) is 61.0 Å². The Morgan fingerprint density at radius 3 is 2.49 bits per heavy atom. The highest BCUT2D eigenvalue weighted by Crippen LogP contribution is 2.45. The number of ketones is 1. The molecule has 1 aliphatic heterocycles. The minimum atomic E-state index is -1.07. The molecule has 1 amide bonds. The van der Waals surface area contributed by atoms with Gasteiger partial charge in [0.05, 0.1) is 30.5 Å². The number of anilines is 1. The van der Waals surface area contributed by atoms with Crippen LogP contribution in [0.25, 0.3) is 5.76 Å². The van der Waals surface area contributed by atoms with E-state index in [9.17, 15) is 19.5 Å². The summed E-state index contributed by atoms with van der Waals surface area (Å²) in [4.78, 5) is 49.2. The number of benzene rings is 1. The predicted octanol–water partition coefficient (Wildman–Crippen LogP) is 4.61. The van der Waals surface area contributed by atoms with E-state index in [-0.39, 0.29) is 27.9 Å². The van der Waals surface area contributed by atoms with Crippen LogP contribution in [0.2, 0.25) is 0 Å². The van der Waals surface area contributed by atoms with E-state index in [2.05, 4.69) is 16.5 Å². The van der Waals surface area contributed by atoms with Gasteiger partial charge in [-0.25, -0.2) is 9.78 Å². The number of thiazole rings is 1. The number of carbonyl (C=O) groups excluding carboxylic acids is 3. The van der Waals surface area contributed by atoms with E-state index in [1.165, 1.54) is 35.5 Å². The Morgan fingerprint density at radius 2 is 1.82 bits per heavy atom. The summed E-state index contributed by atoms with van der Waals surface area (Å²) in [5, 5.41) is 11.4. The Hall–Kier alpha value is -4.51. The van der Waals surface area contributed by atoms with Gasteiger partial charge in [-0.2, -0.15) is 0 Å². The normalized spacial score (nSPS) is 16.3. The molecule has 39 heavy (non-hydrogen) atoms. The summed E-state index contributed by atoms with van der Waals surface area (Å²) in [6.45, 7) is 9.57. The zero-order chi connectivity index (χ0) is 28.1. The van der Waals surface area contributed by atoms with E-state index < -0.39 is 23.7 Å². The second kappa shape index (κ2) is 11.9. The van der Waals surface area contributed by atoms with Crippen LogP contribution >= 0.6 is 11.3 Å². The molecule has 4 rings (SSSR count). The third-order valence-corrected chi connectivity index (χ3v) is 6.93. The summed E-state index contributed by atoms with van der Waals surface area (Å²) in [6, 6.07) is 7.03. The topological polar surface area (TPSA) is 128 Å². The molecule has 0 saturated carbocycles. The van der Waals surface area contributed by atoms with Gasteiger partial charge in [0, 0.05) is 18.0 Å². The lowest BCUT2D eigenvalue weighted by Crippen LogP contribution is -2.29. The number of aromatic nitrogens is 2. The van der Waals surface area contributed by atoms with Crippen molar-refractivity contribution in [2.75, 3.05) is 24.7 Å². The van der Waals surface area contributed by atoms with Crippen LogP contribution in [0, 0.1) is 6.92 Å². The second-order valence-electron chi connectivity index (χ2n) is 8.28. The third-order valence-electron chi connectivity index (χ3n) is 5.79. The van der Waals surface area contributed by atoms with Crippen LogP contribution in [0.3, 0.4) is 0 Å². The fraction of sp³-hybridized carbons (Fsp3) is 0.250. The number of pyridine rings is 1. The van der Waals surface area contributed by atoms with Gasteiger partial charge in [0.1, 0.15) is 17.2 Å². The number of nitrogens with zero attached hydrogens (tertiary/aromatic N) is 3. The highest BCUT2D eigenvalue weighted by atomic mass is 32.1. The van der Waals surface area contributed by atoms with Crippen LogP contribution in [-0.4, -0.2) is 52.6 Å². The van der Waals surface area contributed by atoms with Crippen LogP contribution in [0.4, 0.5) is 5.13 Å². The van der Waals surface area contributed by atoms with Gasteiger partial charge in [-0.05, 0) is 50.6 Å². The Labute approximate surface area is 229 Å². The number of carbonyl (C=O) groups is 3. The first-order valence-corrected chi connectivity index (χ1v) is 13.0. The van der Waals surface area contributed by atoms with Crippen LogP contribution in [0.5, 0.6) is 11.5 Å².